The van der Waals surface area contributed by atoms with Gasteiger partial charge in [0.2, 0.25) is 0 Å². The lowest BCUT2D eigenvalue weighted by atomic mass is 9.79. The predicted octanol–water partition coefficient (Wildman–Crippen LogP) is 6.25. The molecule has 10 atom stereocenters. The summed E-state index contributed by atoms with van der Waals surface area (Å²) in [6.07, 6.45) is 0.191. The van der Waals surface area contributed by atoms with Gasteiger partial charge in [-0.1, -0.05) is 88.3 Å². The van der Waals surface area contributed by atoms with Crippen LogP contribution in [-0.2, 0) is 38.4 Å². The van der Waals surface area contributed by atoms with Gasteiger partial charge in [-0.3, -0.25) is 0 Å². The van der Waals surface area contributed by atoms with E-state index in [1.807, 2.05) is 55.4 Å². The molecule has 0 bridgehead atoms. The molecule has 1 saturated carbocycles. The summed E-state index contributed by atoms with van der Waals surface area (Å²) < 4.78 is 22.0. The average Bonchev–Trinajstić information content (AvgIpc) is 3.30. The first-order valence-electron chi connectivity index (χ1n) is 25.4. The highest BCUT2D eigenvalue weighted by atomic mass is 16.6. The predicted molar refractivity (Wildman–Crippen MR) is 279 cm³/mol. The Morgan fingerprint density at radius 1 is 0.553 bits per heavy atom. The molecule has 0 aromatic heterocycles. The zero-order chi connectivity index (χ0) is 57.7. The van der Waals surface area contributed by atoms with Gasteiger partial charge in [0.1, 0.15) is 82.3 Å². The Morgan fingerprint density at radius 2 is 0.921 bits per heavy atom. The standard InChI is InChI=1S/C13H20O7.C13H18O3.2C12H16O4.C6H10O2/c1-7(2)3-4-10(15)20-9-6-13(19,12(17)18)5-8(14)11(9)16;1-7(2)13-8(3)4-10-11(15)5-9(14)6-12(10)16-13;2*1-6(2)12-10(15)5-8-9(14)3-7(13)4-11(8)16-12;1-5(2)3-4-6(7)8/h3-4,7-9,11,14,16,19H,5-6H2,1-2H3,(H,17,18);5-8,13-15H,4H2,1-3H3;2*3-4,6,10,12-15H,5H2,1-2H3;3-5H,1-2H3,(H,7,8)/b4-3+;;;;4-3+/t;8-,13-;10-,12+;10-,12-;/m.010./s1. The molecular weight excluding hydrogens is 993 g/mol. The summed E-state index contributed by atoms with van der Waals surface area (Å²) in [6, 6.07) is 8.39. The number of ether oxygens (including phenoxy) is 4. The number of aromatic hydroxyl groups is 6. The number of aliphatic hydroxyl groups excluding tert-OH is 4. The number of benzene rings is 3. The van der Waals surface area contributed by atoms with Crippen LogP contribution < -0.4 is 14.2 Å². The number of carbonyl (C=O) groups is 3. The van der Waals surface area contributed by atoms with Crippen molar-refractivity contribution in [1.82, 2.24) is 0 Å². The van der Waals surface area contributed by atoms with Crippen LogP contribution in [0.15, 0.2) is 60.7 Å². The van der Waals surface area contributed by atoms with E-state index in [4.69, 9.17) is 29.2 Å². The van der Waals surface area contributed by atoms with Gasteiger partial charge in [-0.2, -0.15) is 0 Å². The number of hydrogen-bond acceptors (Lipinski definition) is 18. The van der Waals surface area contributed by atoms with Gasteiger partial charge in [-0.15, -0.1) is 0 Å². The molecule has 3 aromatic carbocycles. The maximum absolute atomic E-state index is 11.5. The number of carboxylic acid groups (broad SMARTS) is 2. The third-order valence-corrected chi connectivity index (χ3v) is 12.7. The summed E-state index contributed by atoms with van der Waals surface area (Å²) in [6.45, 7) is 21.8. The molecule has 0 saturated heterocycles. The number of esters is 1. The summed E-state index contributed by atoms with van der Waals surface area (Å²) in [5, 5.41) is 123. The molecule has 20 nitrogen and oxygen atoms in total. The normalized spacial score (nSPS) is 25.4. The van der Waals surface area contributed by atoms with Crippen molar-refractivity contribution in [2.75, 3.05) is 0 Å². The highest BCUT2D eigenvalue weighted by Crippen LogP contribution is 2.42. The number of allylic oxidation sites excluding steroid dienone is 2. The minimum absolute atomic E-state index is 0.0312. The minimum Gasteiger partial charge on any atom is -0.508 e. The van der Waals surface area contributed by atoms with Crippen LogP contribution in [0.2, 0.25) is 0 Å². The lowest BCUT2D eigenvalue weighted by molar-refractivity contribution is -0.196. The van der Waals surface area contributed by atoms with Crippen LogP contribution in [0, 0.1) is 35.5 Å². The van der Waals surface area contributed by atoms with Crippen LogP contribution in [0.1, 0.15) is 106 Å². The molecule has 0 radical (unpaired) electrons. The third kappa shape index (κ3) is 18.4. The van der Waals surface area contributed by atoms with Crippen LogP contribution in [0.5, 0.6) is 51.7 Å². The lowest BCUT2D eigenvalue weighted by Crippen LogP contribution is -2.57. The van der Waals surface area contributed by atoms with Crippen LogP contribution in [-0.4, -0.2) is 139 Å². The van der Waals surface area contributed by atoms with Gasteiger partial charge in [-0.05, 0) is 41.9 Å². The third-order valence-electron chi connectivity index (χ3n) is 12.7. The first-order valence-corrected chi connectivity index (χ1v) is 25.4. The highest BCUT2D eigenvalue weighted by molar-refractivity contribution is 5.82. The number of phenolic OH excluding ortho intramolecular Hbond substituents is 6. The van der Waals surface area contributed by atoms with Crippen LogP contribution in [0.4, 0.5) is 0 Å². The van der Waals surface area contributed by atoms with Crippen molar-refractivity contribution in [2.45, 2.75) is 163 Å². The Hall–Kier alpha value is -6.45. The summed E-state index contributed by atoms with van der Waals surface area (Å²) in [7, 11) is 0. The second-order valence-electron chi connectivity index (χ2n) is 21.4. The van der Waals surface area contributed by atoms with Gasteiger partial charge < -0.3 is 85.3 Å². The quantitative estimate of drug-likeness (QED) is 0.0831. The second kappa shape index (κ2) is 28.1. The number of fused-ring (bicyclic) bond motifs is 3. The molecule has 3 aromatic rings. The molecule has 3 heterocycles. The van der Waals surface area contributed by atoms with Gasteiger partial charge in [-0.25, -0.2) is 14.4 Å². The largest absolute Gasteiger partial charge is 0.508 e. The van der Waals surface area contributed by atoms with Gasteiger partial charge in [0.05, 0.1) is 18.3 Å². The Bertz CT molecular complexity index is 2280. The van der Waals surface area contributed by atoms with E-state index < -0.39 is 66.9 Å². The molecule has 4 aliphatic rings. The molecule has 0 amide bonds. The van der Waals surface area contributed by atoms with Gasteiger partial charge >= 0.3 is 17.9 Å². The minimum atomic E-state index is -2.22. The van der Waals surface area contributed by atoms with E-state index in [1.54, 1.807) is 18.2 Å². The average molecular weight is 1070 g/mol. The molecule has 1 aliphatic carbocycles. The van der Waals surface area contributed by atoms with Crippen LogP contribution in [0.3, 0.4) is 0 Å². The van der Waals surface area contributed by atoms with E-state index in [2.05, 4.69) is 20.8 Å². The topological polar surface area (TPSA) is 351 Å². The summed E-state index contributed by atoms with van der Waals surface area (Å²) >= 11 is 0. The van der Waals surface area contributed by atoms with Crippen LogP contribution in [0.25, 0.3) is 0 Å². The van der Waals surface area contributed by atoms with Gasteiger partial charge in [0.25, 0.3) is 0 Å². The Kier molecular flexibility index (Phi) is 23.6. The monoisotopic (exact) mass is 1070 g/mol. The summed E-state index contributed by atoms with van der Waals surface area (Å²) in [5.74, 6) is 0.0281. The smallest absolute Gasteiger partial charge is 0.335 e. The fraction of sp³-hybridized carbons (Fsp3) is 0.554. The van der Waals surface area contributed by atoms with Crippen molar-refractivity contribution in [3.8, 4) is 51.7 Å². The number of carboxylic acids is 2. The molecule has 1 fully saturated rings. The van der Waals surface area contributed by atoms with E-state index in [0.717, 1.165) is 24.1 Å². The van der Waals surface area contributed by atoms with E-state index in [1.165, 1.54) is 30.3 Å². The van der Waals surface area contributed by atoms with Crippen molar-refractivity contribution in [3.63, 3.8) is 0 Å². The van der Waals surface area contributed by atoms with Crippen molar-refractivity contribution in [1.29, 1.82) is 0 Å². The maximum atomic E-state index is 11.5. The Balaban J connectivity index is 0.000000255. The SMILES string of the molecule is CC(C)/C=C/C(=O)O.CC(C)/C=C/C(=O)OC1CC(O)(C(=O)O)CC(O)C1O.CC(C)[C@@H]1Oc2cc(O)cc(O)c2C[C@@H]1C.CC(C)[C@@H]1Oc2cc(O)cc(O)c2C[C@@H]1O.CC(C)[C@@H]1Oc2cc(O)cc(O)c2C[C@H]1O. The second-order valence-corrected chi connectivity index (χ2v) is 21.4. The van der Waals surface area contributed by atoms with Gasteiger partial charge in [0, 0.05) is 90.9 Å². The van der Waals surface area contributed by atoms with Crippen molar-refractivity contribution >= 4 is 17.9 Å². The van der Waals surface area contributed by atoms with E-state index >= 15 is 0 Å². The number of aliphatic hydroxyl groups is 5. The fourth-order valence-electron chi connectivity index (χ4n) is 8.81. The van der Waals surface area contributed by atoms with E-state index in [-0.39, 0.29) is 70.6 Å². The molecule has 424 valence electrons. The molecule has 76 heavy (non-hydrogen) atoms. The van der Waals surface area contributed by atoms with E-state index in [0.29, 0.717) is 59.0 Å². The first-order chi connectivity index (χ1) is 35.2. The Morgan fingerprint density at radius 3 is 1.26 bits per heavy atom. The number of hydrogen-bond donors (Lipinski definition) is 13. The lowest BCUT2D eigenvalue weighted by Gasteiger charge is -2.39. The summed E-state index contributed by atoms with van der Waals surface area (Å²) in [4.78, 5) is 32.3. The molecular formula is C56H80O20. The molecule has 20 heteroatoms. The molecule has 4 unspecified atom stereocenters. The number of aliphatic carboxylic acids is 2. The highest BCUT2D eigenvalue weighted by Gasteiger charge is 2.50. The Labute approximate surface area is 443 Å². The fourth-order valence-corrected chi connectivity index (χ4v) is 8.81. The zero-order valence-electron chi connectivity index (χ0n) is 45.1. The molecule has 0 spiro atoms. The van der Waals surface area contributed by atoms with Crippen molar-refractivity contribution < 1.29 is 99.7 Å². The molecule has 7 rings (SSSR count). The van der Waals surface area contributed by atoms with Crippen LogP contribution >= 0.6 is 0 Å². The first kappa shape index (κ1) is 63.8. The molecule has 13 N–H and O–H groups in total. The van der Waals surface area contributed by atoms with Gasteiger partial charge in [0.15, 0.2) is 5.60 Å². The number of phenols is 6. The van der Waals surface area contributed by atoms with Crippen molar-refractivity contribution in [2.24, 2.45) is 35.5 Å². The number of rotatable bonds is 9. The maximum Gasteiger partial charge on any atom is 0.335 e. The zero-order valence-corrected chi connectivity index (χ0v) is 45.1. The molecule has 3 aliphatic heterocycles. The number of carbonyl (C=O) groups excluding carboxylic acids is 1. The van der Waals surface area contributed by atoms with Crippen molar-refractivity contribution in [3.05, 3.63) is 77.4 Å². The van der Waals surface area contributed by atoms with E-state index in [9.17, 15) is 70.6 Å². The summed E-state index contributed by atoms with van der Waals surface area (Å²) in [5.41, 5.74) is -0.294.